The molecule has 1 atom stereocenters. The zero-order valence-electron chi connectivity index (χ0n) is 13.1. The molecule has 122 valence electrons. The van der Waals surface area contributed by atoms with Crippen molar-refractivity contribution in [1.82, 2.24) is 0 Å². The van der Waals surface area contributed by atoms with E-state index in [0.29, 0.717) is 32.3 Å². The van der Waals surface area contributed by atoms with Gasteiger partial charge in [0.15, 0.2) is 0 Å². The number of rotatable bonds is 13. The van der Waals surface area contributed by atoms with Gasteiger partial charge in [0.05, 0.1) is 5.92 Å². The molecule has 0 aliphatic rings. The van der Waals surface area contributed by atoms with Crippen molar-refractivity contribution in [3.63, 3.8) is 0 Å². The summed E-state index contributed by atoms with van der Waals surface area (Å²) in [6, 6.07) is 0. The highest BCUT2D eigenvalue weighted by Gasteiger charge is 2.17. The Kier molecular flexibility index (Phi) is 11.5. The average Bonchev–Trinajstić information content (AvgIpc) is 2.41. The predicted octanol–water partition coefficient (Wildman–Crippen LogP) is 1.60. The van der Waals surface area contributed by atoms with Gasteiger partial charge >= 0.3 is 5.97 Å². The molecule has 1 unspecified atom stereocenters. The Balaban J connectivity index is 3.82. The largest absolute Gasteiger partial charge is 0.465 e. The third kappa shape index (κ3) is 12.1. The van der Waals surface area contributed by atoms with Crippen LogP contribution in [0.3, 0.4) is 0 Å². The van der Waals surface area contributed by atoms with E-state index in [1.807, 2.05) is 0 Å². The van der Waals surface area contributed by atoms with Crippen molar-refractivity contribution >= 4 is 17.7 Å². The molecular weight excluding hydrogens is 274 g/mol. The molecule has 21 heavy (non-hydrogen) atoms. The number of carbonyl (C=O) groups excluding carboxylic acids is 3. The van der Waals surface area contributed by atoms with Crippen LogP contribution in [0.15, 0.2) is 0 Å². The Bertz CT molecular complexity index is 330. The molecular formula is C15H27NO5. The Hall–Kier alpha value is -1.43. The second-order valence-corrected chi connectivity index (χ2v) is 5.18. The third-order valence-electron chi connectivity index (χ3n) is 3.16. The molecule has 0 aromatic heterocycles. The minimum absolute atomic E-state index is 0.00411. The Morgan fingerprint density at radius 2 is 1.76 bits per heavy atom. The molecule has 0 heterocycles. The number of nitrogens with two attached hydrogens (primary N) is 1. The van der Waals surface area contributed by atoms with Gasteiger partial charge in [-0.2, -0.15) is 0 Å². The van der Waals surface area contributed by atoms with E-state index in [-0.39, 0.29) is 18.4 Å². The molecule has 6 nitrogen and oxygen atoms in total. The van der Waals surface area contributed by atoms with E-state index < -0.39 is 11.8 Å². The second-order valence-electron chi connectivity index (χ2n) is 5.18. The maximum atomic E-state index is 11.5. The number of primary amides is 1. The number of carbonyl (C=O) groups is 3. The first-order valence-electron chi connectivity index (χ1n) is 7.40. The van der Waals surface area contributed by atoms with E-state index in [0.717, 1.165) is 19.3 Å². The van der Waals surface area contributed by atoms with Crippen LogP contribution >= 0.6 is 0 Å². The fourth-order valence-corrected chi connectivity index (χ4v) is 1.86. The predicted molar refractivity (Wildman–Crippen MR) is 78.5 cm³/mol. The average molecular weight is 301 g/mol. The fourth-order valence-electron chi connectivity index (χ4n) is 1.86. The molecule has 0 spiro atoms. The lowest BCUT2D eigenvalue weighted by Crippen LogP contribution is -2.28. The topological polar surface area (TPSA) is 95.7 Å². The van der Waals surface area contributed by atoms with Gasteiger partial charge in [-0.05, 0) is 32.6 Å². The summed E-state index contributed by atoms with van der Waals surface area (Å²) in [5.74, 6) is -1.25. The van der Waals surface area contributed by atoms with Crippen LogP contribution in [0.2, 0.25) is 0 Å². The maximum Gasteiger partial charge on any atom is 0.305 e. The van der Waals surface area contributed by atoms with Crippen molar-refractivity contribution < 1.29 is 23.9 Å². The number of hydrogen-bond acceptors (Lipinski definition) is 5. The molecule has 0 aliphatic carbocycles. The molecule has 0 rings (SSSR count). The quantitative estimate of drug-likeness (QED) is 0.412. The van der Waals surface area contributed by atoms with Crippen molar-refractivity contribution in [1.29, 1.82) is 0 Å². The minimum atomic E-state index is -0.512. The lowest BCUT2D eigenvalue weighted by molar-refractivity contribution is -0.146. The Morgan fingerprint density at radius 3 is 2.33 bits per heavy atom. The summed E-state index contributed by atoms with van der Waals surface area (Å²) < 4.78 is 9.99. The van der Waals surface area contributed by atoms with Crippen LogP contribution in [0.1, 0.15) is 51.9 Å². The van der Waals surface area contributed by atoms with Gasteiger partial charge in [0.25, 0.3) is 0 Å². The SMILES string of the molecule is COCCCCCC(=O)OCC(CCCC(C)=O)C(N)=O. The number of ketones is 1. The summed E-state index contributed by atoms with van der Waals surface area (Å²) in [5, 5.41) is 0. The first-order valence-corrected chi connectivity index (χ1v) is 7.40. The highest BCUT2D eigenvalue weighted by atomic mass is 16.5. The minimum Gasteiger partial charge on any atom is -0.465 e. The second kappa shape index (κ2) is 12.3. The van der Waals surface area contributed by atoms with E-state index in [1.54, 1.807) is 7.11 Å². The number of hydrogen-bond donors (Lipinski definition) is 1. The van der Waals surface area contributed by atoms with Gasteiger partial charge in [-0.1, -0.05) is 6.42 Å². The number of unbranched alkanes of at least 4 members (excludes halogenated alkanes) is 2. The van der Waals surface area contributed by atoms with Gasteiger partial charge < -0.3 is 20.0 Å². The van der Waals surface area contributed by atoms with Crippen molar-refractivity contribution in [3.8, 4) is 0 Å². The lowest BCUT2D eigenvalue weighted by atomic mass is 10.0. The standard InChI is InChI=1S/C15H27NO5/c1-12(17)7-6-8-13(15(16)19)11-21-14(18)9-4-3-5-10-20-2/h13H,3-11H2,1-2H3,(H2,16,19). The smallest absolute Gasteiger partial charge is 0.305 e. The number of amides is 1. The summed E-state index contributed by atoms with van der Waals surface area (Å²) in [6.07, 6.45) is 4.36. The van der Waals surface area contributed by atoms with E-state index in [4.69, 9.17) is 15.2 Å². The van der Waals surface area contributed by atoms with Crippen LogP contribution in [0.25, 0.3) is 0 Å². The van der Waals surface area contributed by atoms with Crippen molar-refractivity contribution in [2.24, 2.45) is 11.7 Å². The normalized spacial score (nSPS) is 11.9. The van der Waals surface area contributed by atoms with Gasteiger partial charge in [-0.25, -0.2) is 0 Å². The number of methoxy groups -OCH3 is 1. The van der Waals surface area contributed by atoms with Gasteiger partial charge in [0, 0.05) is 26.6 Å². The molecule has 1 amide bonds. The van der Waals surface area contributed by atoms with E-state index >= 15 is 0 Å². The van der Waals surface area contributed by atoms with Crippen LogP contribution < -0.4 is 5.73 Å². The maximum absolute atomic E-state index is 11.5. The van der Waals surface area contributed by atoms with Gasteiger partial charge in [0.1, 0.15) is 12.4 Å². The molecule has 2 N–H and O–H groups in total. The summed E-state index contributed by atoms with van der Waals surface area (Å²) in [7, 11) is 1.64. The molecule has 0 bridgehead atoms. The molecule has 0 saturated carbocycles. The molecule has 0 aliphatic heterocycles. The molecule has 0 saturated heterocycles. The number of ether oxygens (including phenoxy) is 2. The van der Waals surface area contributed by atoms with E-state index in [1.165, 1.54) is 6.92 Å². The van der Waals surface area contributed by atoms with Crippen LogP contribution in [-0.4, -0.2) is 38.0 Å². The highest BCUT2D eigenvalue weighted by molar-refractivity contribution is 5.78. The first-order chi connectivity index (χ1) is 9.97. The summed E-state index contributed by atoms with van der Waals surface area (Å²) >= 11 is 0. The Labute approximate surface area is 126 Å². The van der Waals surface area contributed by atoms with Crippen LogP contribution in [0.4, 0.5) is 0 Å². The van der Waals surface area contributed by atoms with E-state index in [2.05, 4.69) is 0 Å². The van der Waals surface area contributed by atoms with Gasteiger partial charge in [-0.15, -0.1) is 0 Å². The molecule has 0 radical (unpaired) electrons. The Morgan fingerprint density at radius 1 is 1.05 bits per heavy atom. The molecule has 0 fully saturated rings. The van der Waals surface area contributed by atoms with Gasteiger partial charge in [0.2, 0.25) is 5.91 Å². The third-order valence-corrected chi connectivity index (χ3v) is 3.16. The summed E-state index contributed by atoms with van der Waals surface area (Å²) in [5.41, 5.74) is 5.27. The first kappa shape index (κ1) is 19.6. The zero-order valence-corrected chi connectivity index (χ0v) is 13.1. The lowest BCUT2D eigenvalue weighted by Gasteiger charge is -2.13. The fraction of sp³-hybridized carbons (Fsp3) is 0.800. The van der Waals surface area contributed by atoms with Crippen molar-refractivity contribution in [2.75, 3.05) is 20.3 Å². The monoisotopic (exact) mass is 301 g/mol. The van der Waals surface area contributed by atoms with Gasteiger partial charge in [-0.3, -0.25) is 9.59 Å². The van der Waals surface area contributed by atoms with E-state index in [9.17, 15) is 14.4 Å². The summed E-state index contributed by atoms with van der Waals surface area (Å²) in [6.45, 7) is 2.20. The zero-order chi connectivity index (χ0) is 16.1. The molecule has 0 aromatic rings. The summed E-state index contributed by atoms with van der Waals surface area (Å²) in [4.78, 5) is 33.6. The molecule has 6 heteroatoms. The number of esters is 1. The van der Waals surface area contributed by atoms with Crippen molar-refractivity contribution in [2.45, 2.75) is 51.9 Å². The van der Waals surface area contributed by atoms with Crippen LogP contribution in [-0.2, 0) is 23.9 Å². The van der Waals surface area contributed by atoms with Crippen LogP contribution in [0, 0.1) is 5.92 Å². The van der Waals surface area contributed by atoms with Crippen LogP contribution in [0.5, 0.6) is 0 Å². The molecule has 0 aromatic carbocycles. The van der Waals surface area contributed by atoms with Crippen molar-refractivity contribution in [3.05, 3.63) is 0 Å². The highest BCUT2D eigenvalue weighted by Crippen LogP contribution is 2.10. The number of Topliss-reactive ketones (excluding diaryl/α,β-unsaturated/α-hetero) is 1.